The molecule has 0 aromatic heterocycles. The van der Waals surface area contributed by atoms with Crippen molar-refractivity contribution in [2.24, 2.45) is 5.92 Å². The first-order chi connectivity index (χ1) is 5.61. The van der Waals surface area contributed by atoms with Gasteiger partial charge in [0.2, 0.25) is 0 Å². The Morgan fingerprint density at radius 2 is 1.58 bits per heavy atom. The fraction of sp³-hybridized carbons (Fsp3) is 0.400. The molecule has 0 aliphatic carbocycles. The van der Waals surface area contributed by atoms with Crippen LogP contribution in [-0.4, -0.2) is 0 Å². The van der Waals surface area contributed by atoms with Gasteiger partial charge < -0.3 is 0 Å². The Morgan fingerprint density at radius 1 is 1.08 bits per heavy atom. The maximum atomic E-state index is 3.66. The maximum absolute atomic E-state index is 3.66. The van der Waals surface area contributed by atoms with Crippen molar-refractivity contribution in [2.75, 3.05) is 0 Å². The van der Waals surface area contributed by atoms with Crippen LogP contribution in [0.25, 0.3) is 0 Å². The third-order valence-corrected chi connectivity index (χ3v) is 3.89. The highest BCUT2D eigenvalue weighted by atomic mass is 79.9. The van der Waals surface area contributed by atoms with E-state index < -0.39 is 0 Å². The third kappa shape index (κ3) is 2.60. The highest BCUT2D eigenvalue weighted by Gasteiger charge is 2.10. The second-order valence-corrected chi connectivity index (χ2v) is 5.10. The Bertz CT molecular complexity index is 239. The molecular formula is C10H12Br2. The maximum Gasteiger partial charge on any atom is 0.0418 e. The predicted molar refractivity (Wildman–Crippen MR) is 60.6 cm³/mol. The van der Waals surface area contributed by atoms with Crippen molar-refractivity contribution in [3.8, 4) is 0 Å². The molecule has 2 heteroatoms. The van der Waals surface area contributed by atoms with E-state index in [1.54, 1.807) is 0 Å². The van der Waals surface area contributed by atoms with Gasteiger partial charge in [0.25, 0.3) is 0 Å². The molecule has 66 valence electrons. The zero-order valence-electron chi connectivity index (χ0n) is 7.22. The van der Waals surface area contributed by atoms with Gasteiger partial charge in [-0.15, -0.1) is 0 Å². The first-order valence-electron chi connectivity index (χ1n) is 4.01. The fourth-order valence-corrected chi connectivity index (χ4v) is 1.60. The predicted octanol–water partition coefficient (Wildman–Crippen LogP) is 4.54. The van der Waals surface area contributed by atoms with E-state index in [4.69, 9.17) is 0 Å². The van der Waals surface area contributed by atoms with Crippen LogP contribution >= 0.6 is 31.9 Å². The molecule has 1 unspecified atom stereocenters. The molecule has 0 aliphatic rings. The standard InChI is InChI=1S/C10H12Br2/c1-7(2)10(12)8-3-5-9(11)6-4-8/h3-7,10H,1-2H3. The van der Waals surface area contributed by atoms with Gasteiger partial charge in [-0.1, -0.05) is 57.8 Å². The SMILES string of the molecule is CC(C)C(Br)c1ccc(Br)cc1. The molecule has 1 rings (SSSR count). The van der Waals surface area contributed by atoms with Gasteiger partial charge in [-0.3, -0.25) is 0 Å². The Kier molecular flexibility index (Phi) is 3.78. The van der Waals surface area contributed by atoms with Gasteiger partial charge in [0, 0.05) is 9.30 Å². The summed E-state index contributed by atoms with van der Waals surface area (Å²) in [6, 6.07) is 8.44. The molecule has 0 radical (unpaired) electrons. The lowest BCUT2D eigenvalue weighted by atomic mass is 10.0. The van der Waals surface area contributed by atoms with Gasteiger partial charge in [-0.25, -0.2) is 0 Å². The molecule has 1 atom stereocenters. The van der Waals surface area contributed by atoms with Crippen LogP contribution in [0.1, 0.15) is 24.2 Å². The molecule has 0 heterocycles. The van der Waals surface area contributed by atoms with Crippen LogP contribution in [0.15, 0.2) is 28.7 Å². The van der Waals surface area contributed by atoms with Crippen LogP contribution in [0.5, 0.6) is 0 Å². The second-order valence-electron chi connectivity index (χ2n) is 3.20. The van der Waals surface area contributed by atoms with E-state index in [1.807, 2.05) is 0 Å². The Hall–Kier alpha value is 0.180. The van der Waals surface area contributed by atoms with E-state index in [1.165, 1.54) is 5.56 Å². The molecule has 0 N–H and O–H groups in total. The minimum absolute atomic E-state index is 0.464. The first kappa shape index (κ1) is 10.3. The summed E-state index contributed by atoms with van der Waals surface area (Å²) in [5, 5.41) is 0. The minimum atomic E-state index is 0.464. The summed E-state index contributed by atoms with van der Waals surface area (Å²) >= 11 is 7.08. The summed E-state index contributed by atoms with van der Waals surface area (Å²) in [4.78, 5) is 0.464. The Morgan fingerprint density at radius 3 is 2.00 bits per heavy atom. The Labute approximate surface area is 90.6 Å². The van der Waals surface area contributed by atoms with E-state index in [0.29, 0.717) is 10.7 Å². The summed E-state index contributed by atoms with van der Waals surface area (Å²) in [5.41, 5.74) is 1.34. The number of hydrogen-bond acceptors (Lipinski definition) is 0. The van der Waals surface area contributed by atoms with E-state index in [9.17, 15) is 0 Å². The normalized spacial score (nSPS) is 13.4. The Balaban J connectivity index is 2.82. The highest BCUT2D eigenvalue weighted by molar-refractivity contribution is 9.10. The monoisotopic (exact) mass is 290 g/mol. The van der Waals surface area contributed by atoms with Gasteiger partial charge in [0.05, 0.1) is 0 Å². The van der Waals surface area contributed by atoms with Gasteiger partial charge in [0.1, 0.15) is 0 Å². The molecule has 0 saturated heterocycles. The van der Waals surface area contributed by atoms with Crippen molar-refractivity contribution in [1.29, 1.82) is 0 Å². The number of halogens is 2. The molecule has 0 bridgehead atoms. The lowest BCUT2D eigenvalue weighted by molar-refractivity contribution is 0.641. The zero-order valence-corrected chi connectivity index (χ0v) is 10.4. The van der Waals surface area contributed by atoms with Crippen molar-refractivity contribution in [2.45, 2.75) is 18.7 Å². The van der Waals surface area contributed by atoms with Crippen LogP contribution in [0.3, 0.4) is 0 Å². The number of benzene rings is 1. The van der Waals surface area contributed by atoms with Crippen LogP contribution in [0.2, 0.25) is 0 Å². The minimum Gasteiger partial charge on any atom is -0.0836 e. The van der Waals surface area contributed by atoms with Crippen LogP contribution in [-0.2, 0) is 0 Å². The summed E-state index contributed by atoms with van der Waals surface area (Å²) in [6.45, 7) is 4.42. The van der Waals surface area contributed by atoms with Crippen molar-refractivity contribution in [3.05, 3.63) is 34.3 Å². The summed E-state index contributed by atoms with van der Waals surface area (Å²) in [5.74, 6) is 0.631. The van der Waals surface area contributed by atoms with Crippen LogP contribution in [0.4, 0.5) is 0 Å². The number of alkyl halides is 1. The highest BCUT2D eigenvalue weighted by Crippen LogP contribution is 2.30. The molecule has 0 saturated carbocycles. The number of hydrogen-bond donors (Lipinski definition) is 0. The van der Waals surface area contributed by atoms with Gasteiger partial charge in [-0.05, 0) is 23.6 Å². The topological polar surface area (TPSA) is 0 Å². The average molecular weight is 292 g/mol. The first-order valence-corrected chi connectivity index (χ1v) is 5.71. The second kappa shape index (κ2) is 4.43. The van der Waals surface area contributed by atoms with Crippen LogP contribution < -0.4 is 0 Å². The third-order valence-electron chi connectivity index (χ3n) is 1.77. The van der Waals surface area contributed by atoms with E-state index in [-0.39, 0.29) is 0 Å². The van der Waals surface area contributed by atoms with Crippen molar-refractivity contribution in [3.63, 3.8) is 0 Å². The molecule has 1 aromatic carbocycles. The molecule has 0 aliphatic heterocycles. The largest absolute Gasteiger partial charge is 0.0836 e. The lowest BCUT2D eigenvalue weighted by Crippen LogP contribution is -1.97. The van der Waals surface area contributed by atoms with Crippen molar-refractivity contribution >= 4 is 31.9 Å². The van der Waals surface area contributed by atoms with Gasteiger partial charge in [-0.2, -0.15) is 0 Å². The molecule has 1 aromatic rings. The van der Waals surface area contributed by atoms with Crippen molar-refractivity contribution < 1.29 is 0 Å². The van der Waals surface area contributed by atoms with E-state index in [2.05, 4.69) is 70.0 Å². The molecule has 12 heavy (non-hydrogen) atoms. The van der Waals surface area contributed by atoms with Gasteiger partial charge in [0.15, 0.2) is 0 Å². The number of rotatable bonds is 2. The summed E-state index contributed by atoms with van der Waals surface area (Å²) in [7, 11) is 0. The molecular weight excluding hydrogens is 280 g/mol. The average Bonchev–Trinajstić information content (AvgIpc) is 2.04. The van der Waals surface area contributed by atoms with Crippen LogP contribution in [0, 0.1) is 5.92 Å². The summed E-state index contributed by atoms with van der Waals surface area (Å²) in [6.07, 6.45) is 0. The smallest absolute Gasteiger partial charge is 0.0418 e. The van der Waals surface area contributed by atoms with E-state index in [0.717, 1.165) is 4.47 Å². The molecule has 0 spiro atoms. The summed E-state index contributed by atoms with van der Waals surface area (Å²) < 4.78 is 1.13. The lowest BCUT2D eigenvalue weighted by Gasteiger charge is -2.13. The fourth-order valence-electron chi connectivity index (χ4n) is 1.03. The van der Waals surface area contributed by atoms with E-state index >= 15 is 0 Å². The molecule has 0 fully saturated rings. The molecule has 0 nitrogen and oxygen atoms in total. The van der Waals surface area contributed by atoms with Gasteiger partial charge >= 0.3 is 0 Å². The van der Waals surface area contributed by atoms with Crippen molar-refractivity contribution in [1.82, 2.24) is 0 Å². The quantitative estimate of drug-likeness (QED) is 0.702. The molecule has 0 amide bonds. The zero-order chi connectivity index (χ0) is 9.14.